The maximum atomic E-state index is 10.9. The number of hydrogen-bond donors (Lipinski definition) is 1. The first-order valence-corrected chi connectivity index (χ1v) is 4.65. The van der Waals surface area contributed by atoms with E-state index < -0.39 is 6.09 Å². The number of carbonyl (C=O) groups excluding carboxylic acids is 1. The van der Waals surface area contributed by atoms with Gasteiger partial charge < -0.3 is 9.47 Å². The fourth-order valence-electron chi connectivity index (χ4n) is 0.906. The third-order valence-electron chi connectivity index (χ3n) is 1.58. The molecule has 76 valence electrons. The van der Waals surface area contributed by atoms with Crippen LogP contribution in [0, 0.1) is 0 Å². The van der Waals surface area contributed by atoms with Gasteiger partial charge in [-0.25, -0.2) is 4.79 Å². The minimum absolute atomic E-state index is 0.505. The van der Waals surface area contributed by atoms with Crippen molar-refractivity contribution in [1.29, 1.82) is 0 Å². The van der Waals surface area contributed by atoms with Gasteiger partial charge in [0.05, 0.1) is 18.7 Å². The van der Waals surface area contributed by atoms with Crippen LogP contribution in [0.15, 0.2) is 22.7 Å². The normalized spacial score (nSPS) is 9.36. The molecule has 0 radical (unpaired) electrons. The average molecular weight is 260 g/mol. The minimum Gasteiger partial charge on any atom is -0.495 e. The molecule has 0 spiro atoms. The fourth-order valence-corrected chi connectivity index (χ4v) is 1.31. The molecule has 0 unspecified atom stereocenters. The molecular formula is C9H10BrNO3. The van der Waals surface area contributed by atoms with Gasteiger partial charge in [0.25, 0.3) is 0 Å². The van der Waals surface area contributed by atoms with Gasteiger partial charge in [0, 0.05) is 11.8 Å². The van der Waals surface area contributed by atoms with E-state index in [4.69, 9.17) is 4.74 Å². The quantitative estimate of drug-likeness (QED) is 0.889. The van der Waals surface area contributed by atoms with Crippen LogP contribution in [-0.2, 0) is 4.74 Å². The summed E-state index contributed by atoms with van der Waals surface area (Å²) >= 11 is 3.30. The summed E-state index contributed by atoms with van der Waals surface area (Å²) in [5, 5.41) is 2.53. The molecule has 0 saturated carbocycles. The van der Waals surface area contributed by atoms with E-state index in [0.29, 0.717) is 11.4 Å². The lowest BCUT2D eigenvalue weighted by Crippen LogP contribution is -2.10. The zero-order valence-electron chi connectivity index (χ0n) is 7.83. The summed E-state index contributed by atoms with van der Waals surface area (Å²) in [4.78, 5) is 10.9. The number of anilines is 1. The molecule has 0 aliphatic rings. The lowest BCUT2D eigenvalue weighted by atomic mass is 10.3. The van der Waals surface area contributed by atoms with Crippen molar-refractivity contribution in [3.8, 4) is 5.75 Å². The number of nitrogens with one attached hydrogen (secondary N) is 1. The summed E-state index contributed by atoms with van der Waals surface area (Å²) in [6, 6.07) is 5.22. The highest BCUT2D eigenvalue weighted by Crippen LogP contribution is 2.27. The van der Waals surface area contributed by atoms with Crippen LogP contribution < -0.4 is 10.1 Å². The number of methoxy groups -OCH3 is 2. The Morgan fingerprint density at radius 1 is 1.43 bits per heavy atom. The third kappa shape index (κ3) is 2.63. The molecule has 1 rings (SSSR count). The van der Waals surface area contributed by atoms with Gasteiger partial charge >= 0.3 is 6.09 Å². The van der Waals surface area contributed by atoms with Gasteiger partial charge in [0.2, 0.25) is 0 Å². The van der Waals surface area contributed by atoms with Crippen LogP contribution in [0.3, 0.4) is 0 Å². The number of carbonyl (C=O) groups is 1. The number of rotatable bonds is 2. The summed E-state index contributed by atoms with van der Waals surface area (Å²) in [6.45, 7) is 0. The third-order valence-corrected chi connectivity index (χ3v) is 2.24. The van der Waals surface area contributed by atoms with E-state index in [1.165, 1.54) is 7.11 Å². The summed E-state index contributed by atoms with van der Waals surface area (Å²) in [5.74, 6) is 0.652. The molecule has 1 aromatic rings. The molecule has 1 aromatic carbocycles. The SMILES string of the molecule is COC(=O)Nc1ccc(Br)c(OC)c1. The topological polar surface area (TPSA) is 47.6 Å². The van der Waals surface area contributed by atoms with Crippen molar-refractivity contribution in [1.82, 2.24) is 0 Å². The number of hydrogen-bond acceptors (Lipinski definition) is 3. The summed E-state index contributed by atoms with van der Waals surface area (Å²) in [5.41, 5.74) is 0.622. The van der Waals surface area contributed by atoms with Crippen molar-refractivity contribution in [2.45, 2.75) is 0 Å². The minimum atomic E-state index is -0.505. The van der Waals surface area contributed by atoms with Gasteiger partial charge in [0.15, 0.2) is 0 Å². The molecule has 0 saturated heterocycles. The molecule has 0 fully saturated rings. The standard InChI is InChI=1S/C9H10BrNO3/c1-13-8-5-6(3-4-7(8)10)11-9(12)14-2/h3-5H,1-2H3,(H,11,12). The molecule has 0 bridgehead atoms. The van der Waals surface area contributed by atoms with Crippen LogP contribution >= 0.6 is 15.9 Å². The predicted molar refractivity (Wildman–Crippen MR) is 56.7 cm³/mol. The fraction of sp³-hybridized carbons (Fsp3) is 0.222. The van der Waals surface area contributed by atoms with Crippen LogP contribution in [-0.4, -0.2) is 20.3 Å². The Balaban J connectivity index is 2.84. The van der Waals surface area contributed by atoms with Crippen LogP contribution in [0.1, 0.15) is 0 Å². The molecule has 14 heavy (non-hydrogen) atoms. The second-order valence-electron chi connectivity index (χ2n) is 2.47. The monoisotopic (exact) mass is 259 g/mol. The van der Waals surface area contributed by atoms with Crippen molar-refractivity contribution >= 4 is 27.7 Å². The van der Waals surface area contributed by atoms with E-state index in [1.54, 1.807) is 25.3 Å². The van der Waals surface area contributed by atoms with Crippen molar-refractivity contribution in [3.05, 3.63) is 22.7 Å². The van der Waals surface area contributed by atoms with Gasteiger partial charge in [-0.05, 0) is 28.1 Å². The summed E-state index contributed by atoms with van der Waals surface area (Å²) in [6.07, 6.45) is -0.505. The zero-order chi connectivity index (χ0) is 10.6. The van der Waals surface area contributed by atoms with E-state index in [0.717, 1.165) is 4.47 Å². The van der Waals surface area contributed by atoms with E-state index in [9.17, 15) is 4.79 Å². The van der Waals surface area contributed by atoms with Crippen molar-refractivity contribution in [2.24, 2.45) is 0 Å². The van der Waals surface area contributed by atoms with Crippen molar-refractivity contribution < 1.29 is 14.3 Å². The maximum absolute atomic E-state index is 10.9. The molecule has 0 heterocycles. The van der Waals surface area contributed by atoms with Crippen LogP contribution in [0.25, 0.3) is 0 Å². The molecule has 1 N–H and O–H groups in total. The molecule has 5 heteroatoms. The lowest BCUT2D eigenvalue weighted by Gasteiger charge is -2.07. The Morgan fingerprint density at radius 3 is 2.71 bits per heavy atom. The van der Waals surface area contributed by atoms with Gasteiger partial charge in [-0.3, -0.25) is 5.32 Å². The molecule has 0 atom stereocenters. The lowest BCUT2D eigenvalue weighted by molar-refractivity contribution is 0.187. The molecule has 4 nitrogen and oxygen atoms in total. The Kier molecular flexibility index (Phi) is 3.76. The predicted octanol–water partition coefficient (Wildman–Crippen LogP) is 2.64. The second kappa shape index (κ2) is 4.85. The van der Waals surface area contributed by atoms with Crippen molar-refractivity contribution in [3.63, 3.8) is 0 Å². The Bertz CT molecular complexity index is 341. The highest BCUT2D eigenvalue weighted by Gasteiger charge is 2.04. The van der Waals surface area contributed by atoms with E-state index >= 15 is 0 Å². The molecule has 1 amide bonds. The van der Waals surface area contributed by atoms with Gasteiger partial charge in [-0.1, -0.05) is 0 Å². The summed E-state index contributed by atoms with van der Waals surface area (Å²) in [7, 11) is 2.87. The van der Waals surface area contributed by atoms with Crippen molar-refractivity contribution in [2.75, 3.05) is 19.5 Å². The molecule has 0 aliphatic carbocycles. The largest absolute Gasteiger partial charge is 0.495 e. The smallest absolute Gasteiger partial charge is 0.411 e. The number of benzene rings is 1. The second-order valence-corrected chi connectivity index (χ2v) is 3.32. The van der Waals surface area contributed by atoms with Crippen LogP contribution in [0.5, 0.6) is 5.75 Å². The van der Waals surface area contributed by atoms with E-state index in [2.05, 4.69) is 26.0 Å². The van der Waals surface area contributed by atoms with Gasteiger partial charge in [0.1, 0.15) is 5.75 Å². The van der Waals surface area contributed by atoms with E-state index in [1.807, 2.05) is 0 Å². The highest BCUT2D eigenvalue weighted by molar-refractivity contribution is 9.10. The van der Waals surface area contributed by atoms with Crippen LogP contribution in [0.2, 0.25) is 0 Å². The molecule has 0 aliphatic heterocycles. The number of ether oxygens (including phenoxy) is 2. The van der Waals surface area contributed by atoms with Gasteiger partial charge in [-0.2, -0.15) is 0 Å². The van der Waals surface area contributed by atoms with Crippen LogP contribution in [0.4, 0.5) is 10.5 Å². The molecule has 0 aromatic heterocycles. The highest BCUT2D eigenvalue weighted by atomic mass is 79.9. The van der Waals surface area contributed by atoms with E-state index in [-0.39, 0.29) is 0 Å². The first-order valence-electron chi connectivity index (χ1n) is 3.86. The average Bonchev–Trinajstić information content (AvgIpc) is 2.20. The maximum Gasteiger partial charge on any atom is 0.411 e. The number of amides is 1. The molecular weight excluding hydrogens is 250 g/mol. The zero-order valence-corrected chi connectivity index (χ0v) is 9.42. The Labute approximate surface area is 90.3 Å². The Hall–Kier alpha value is -1.23. The Morgan fingerprint density at radius 2 is 2.14 bits per heavy atom. The first-order chi connectivity index (χ1) is 6.67. The van der Waals surface area contributed by atoms with Gasteiger partial charge in [-0.15, -0.1) is 0 Å². The number of halogens is 1. The first kappa shape index (κ1) is 10.8. The summed E-state index contributed by atoms with van der Waals surface area (Å²) < 4.78 is 10.3.